The van der Waals surface area contributed by atoms with Gasteiger partial charge in [0.15, 0.2) is 0 Å². The van der Waals surface area contributed by atoms with Crippen LogP contribution in [0.5, 0.6) is 5.75 Å². The Hall–Kier alpha value is -5.24. The number of benzene rings is 2. The first-order chi connectivity index (χ1) is 20.0. The van der Waals surface area contributed by atoms with Crippen molar-refractivity contribution in [2.45, 2.75) is 49.9 Å². The second-order valence-electron chi connectivity index (χ2n) is 9.57. The van der Waals surface area contributed by atoms with Gasteiger partial charge in [0, 0.05) is 31.2 Å². The van der Waals surface area contributed by atoms with Crippen molar-refractivity contribution in [1.82, 2.24) is 25.9 Å². The fraction of sp³-hybridized carbons (Fsp3) is 0.286. The molecule has 2 aromatic carbocycles. The summed E-state index contributed by atoms with van der Waals surface area (Å²) >= 11 is 0. The molecule has 3 rings (SSSR count). The number of aliphatic carboxylic acids is 2. The standard InChI is InChI=1S/C28H32N6O8/c29-20(13-24(36)37)25(38)32-21(10-17-6-8-19(35)9-7-17)26(39)33-22(12-18-14-30-15-31-18)27(40)34-23(28(41)42)11-16-4-2-1-3-5-16/h1-9,14-15,20-23,35H,10-13,29H2,(H,30,31)(H,32,38)(H,33,39)(H,34,40)(H,36,37)(H,41,42). The van der Waals surface area contributed by atoms with Gasteiger partial charge in [0.25, 0.3) is 0 Å². The number of carbonyl (C=O) groups excluding carboxylic acids is 3. The Morgan fingerprint density at radius 1 is 0.762 bits per heavy atom. The third kappa shape index (κ3) is 9.75. The first-order valence-corrected chi connectivity index (χ1v) is 12.9. The van der Waals surface area contributed by atoms with Crippen molar-refractivity contribution in [2.75, 3.05) is 0 Å². The van der Waals surface area contributed by atoms with Crippen LogP contribution in [-0.4, -0.2) is 79.1 Å². The summed E-state index contributed by atoms with van der Waals surface area (Å²) in [4.78, 5) is 69.2. The maximum Gasteiger partial charge on any atom is 0.326 e. The van der Waals surface area contributed by atoms with Crippen LogP contribution in [0.1, 0.15) is 23.2 Å². The van der Waals surface area contributed by atoms with E-state index >= 15 is 0 Å². The summed E-state index contributed by atoms with van der Waals surface area (Å²) in [5.41, 5.74) is 7.35. The SMILES string of the molecule is NC(CC(=O)O)C(=O)NC(Cc1ccc(O)cc1)C(=O)NC(Cc1cnc[nH]1)C(=O)NC(Cc1ccccc1)C(=O)O. The van der Waals surface area contributed by atoms with Gasteiger partial charge in [-0.05, 0) is 23.3 Å². The van der Waals surface area contributed by atoms with Gasteiger partial charge in [0.05, 0.1) is 18.8 Å². The number of hydrogen-bond acceptors (Lipinski definition) is 8. The molecule has 0 aliphatic rings. The second kappa shape index (κ2) is 14.9. The van der Waals surface area contributed by atoms with E-state index in [2.05, 4.69) is 25.9 Å². The van der Waals surface area contributed by atoms with E-state index in [9.17, 15) is 34.2 Å². The summed E-state index contributed by atoms with van der Waals surface area (Å²) < 4.78 is 0. The minimum Gasteiger partial charge on any atom is -0.508 e. The lowest BCUT2D eigenvalue weighted by molar-refractivity contribution is -0.142. The first-order valence-electron chi connectivity index (χ1n) is 12.9. The predicted molar refractivity (Wildman–Crippen MR) is 148 cm³/mol. The number of aromatic hydroxyl groups is 1. The van der Waals surface area contributed by atoms with Gasteiger partial charge in [-0.1, -0.05) is 42.5 Å². The average Bonchev–Trinajstić information content (AvgIpc) is 3.46. The van der Waals surface area contributed by atoms with Crippen molar-refractivity contribution in [3.8, 4) is 5.75 Å². The molecule has 0 spiro atoms. The lowest BCUT2D eigenvalue weighted by atomic mass is 10.0. The molecule has 0 aliphatic heterocycles. The van der Waals surface area contributed by atoms with E-state index in [4.69, 9.17) is 10.8 Å². The van der Waals surface area contributed by atoms with E-state index in [0.29, 0.717) is 16.8 Å². The number of amides is 3. The second-order valence-corrected chi connectivity index (χ2v) is 9.57. The minimum atomic E-state index is -1.45. The third-order valence-electron chi connectivity index (χ3n) is 6.25. The molecular formula is C28H32N6O8. The van der Waals surface area contributed by atoms with Gasteiger partial charge in [-0.3, -0.25) is 19.2 Å². The molecule has 0 saturated carbocycles. The molecule has 1 aromatic heterocycles. The number of carboxylic acids is 2. The van der Waals surface area contributed by atoms with E-state index in [1.54, 1.807) is 30.3 Å². The smallest absolute Gasteiger partial charge is 0.326 e. The van der Waals surface area contributed by atoms with Crippen molar-refractivity contribution in [3.63, 3.8) is 0 Å². The van der Waals surface area contributed by atoms with Gasteiger partial charge in [0.2, 0.25) is 17.7 Å². The zero-order valence-electron chi connectivity index (χ0n) is 22.4. The van der Waals surface area contributed by atoms with Gasteiger partial charge >= 0.3 is 11.9 Å². The minimum absolute atomic E-state index is 0.00631. The van der Waals surface area contributed by atoms with Crippen molar-refractivity contribution < 1.29 is 39.3 Å². The van der Waals surface area contributed by atoms with Crippen LogP contribution in [0.4, 0.5) is 0 Å². The number of aromatic amines is 1. The highest BCUT2D eigenvalue weighted by atomic mass is 16.4. The molecule has 0 bridgehead atoms. The number of nitrogens with zero attached hydrogens (tertiary/aromatic N) is 1. The van der Waals surface area contributed by atoms with E-state index in [-0.39, 0.29) is 25.0 Å². The normalized spacial score (nSPS) is 13.6. The van der Waals surface area contributed by atoms with Gasteiger partial charge in [-0.2, -0.15) is 0 Å². The first kappa shape index (κ1) is 31.3. The number of carbonyl (C=O) groups is 5. The topological polar surface area (TPSA) is 237 Å². The zero-order chi connectivity index (χ0) is 30.6. The van der Waals surface area contributed by atoms with Crippen molar-refractivity contribution in [2.24, 2.45) is 5.73 Å². The number of phenolic OH excluding ortho intramolecular Hbond substituents is 1. The average molecular weight is 581 g/mol. The number of imidazole rings is 1. The van der Waals surface area contributed by atoms with Gasteiger partial charge < -0.3 is 42.0 Å². The van der Waals surface area contributed by atoms with Crippen molar-refractivity contribution >= 4 is 29.7 Å². The third-order valence-corrected chi connectivity index (χ3v) is 6.25. The molecular weight excluding hydrogens is 548 g/mol. The van der Waals surface area contributed by atoms with Crippen LogP contribution in [0.2, 0.25) is 0 Å². The molecule has 3 aromatic rings. The number of rotatable bonds is 15. The summed E-state index contributed by atoms with van der Waals surface area (Å²) in [6.07, 6.45) is 1.94. The fourth-order valence-corrected chi connectivity index (χ4v) is 4.06. The molecule has 14 heteroatoms. The summed E-state index contributed by atoms with van der Waals surface area (Å²) in [7, 11) is 0. The van der Waals surface area contributed by atoms with Crippen LogP contribution in [-0.2, 0) is 43.2 Å². The lowest BCUT2D eigenvalue weighted by Crippen LogP contribution is -2.58. The van der Waals surface area contributed by atoms with Gasteiger partial charge in [-0.15, -0.1) is 0 Å². The van der Waals surface area contributed by atoms with Crippen LogP contribution in [0.15, 0.2) is 67.1 Å². The molecule has 4 atom stereocenters. The Bertz CT molecular complexity index is 1360. The van der Waals surface area contributed by atoms with E-state index in [1.165, 1.54) is 36.8 Å². The lowest BCUT2D eigenvalue weighted by Gasteiger charge is -2.25. The van der Waals surface area contributed by atoms with Crippen molar-refractivity contribution in [3.05, 3.63) is 83.9 Å². The summed E-state index contributed by atoms with van der Waals surface area (Å²) in [6, 6.07) is 9.16. The number of hydrogen-bond donors (Lipinski definition) is 8. The monoisotopic (exact) mass is 580 g/mol. The maximum absolute atomic E-state index is 13.5. The Morgan fingerprint density at radius 3 is 1.88 bits per heavy atom. The molecule has 42 heavy (non-hydrogen) atoms. The largest absolute Gasteiger partial charge is 0.508 e. The fourth-order valence-electron chi connectivity index (χ4n) is 4.06. The maximum atomic E-state index is 13.5. The van der Waals surface area contributed by atoms with Crippen LogP contribution >= 0.6 is 0 Å². The number of nitrogens with two attached hydrogens (primary N) is 1. The summed E-state index contributed by atoms with van der Waals surface area (Å²) in [5, 5.41) is 35.8. The predicted octanol–water partition coefficient (Wildman–Crippen LogP) is -0.516. The Labute approximate surface area is 240 Å². The molecule has 0 saturated heterocycles. The van der Waals surface area contributed by atoms with Gasteiger partial charge in [-0.25, -0.2) is 9.78 Å². The van der Waals surface area contributed by atoms with E-state index in [1.807, 2.05) is 0 Å². The van der Waals surface area contributed by atoms with Crippen LogP contribution < -0.4 is 21.7 Å². The molecule has 0 fully saturated rings. The number of H-pyrrole nitrogens is 1. The highest BCUT2D eigenvalue weighted by molar-refractivity contribution is 5.95. The zero-order valence-corrected chi connectivity index (χ0v) is 22.4. The van der Waals surface area contributed by atoms with Crippen molar-refractivity contribution in [1.29, 1.82) is 0 Å². The molecule has 9 N–H and O–H groups in total. The molecule has 0 aliphatic carbocycles. The molecule has 4 unspecified atom stereocenters. The van der Waals surface area contributed by atoms with E-state index in [0.717, 1.165) is 0 Å². The molecule has 14 nitrogen and oxygen atoms in total. The summed E-state index contributed by atoms with van der Waals surface area (Å²) in [6.45, 7) is 0. The summed E-state index contributed by atoms with van der Waals surface area (Å²) in [5.74, 6) is -5.11. The highest BCUT2D eigenvalue weighted by Crippen LogP contribution is 2.12. The number of carboxylic acid groups (broad SMARTS) is 2. The Balaban J connectivity index is 1.82. The molecule has 1 heterocycles. The Morgan fingerprint density at radius 2 is 1.31 bits per heavy atom. The number of nitrogens with one attached hydrogen (secondary N) is 4. The Kier molecular flexibility index (Phi) is 11.1. The molecule has 0 radical (unpaired) electrons. The molecule has 3 amide bonds. The van der Waals surface area contributed by atoms with E-state index < -0.39 is 60.2 Å². The number of aromatic nitrogens is 2. The molecule has 222 valence electrons. The highest BCUT2D eigenvalue weighted by Gasteiger charge is 2.31. The quantitative estimate of drug-likeness (QED) is 0.114. The van der Waals surface area contributed by atoms with Crippen LogP contribution in [0.25, 0.3) is 0 Å². The van der Waals surface area contributed by atoms with Crippen LogP contribution in [0, 0.1) is 0 Å². The van der Waals surface area contributed by atoms with Gasteiger partial charge in [0.1, 0.15) is 23.9 Å². The van der Waals surface area contributed by atoms with Crippen LogP contribution in [0.3, 0.4) is 0 Å². The number of phenols is 1.